The maximum Gasteiger partial charge on any atom is 0.339 e. The maximum atomic E-state index is 11.7. The molecule has 17 heavy (non-hydrogen) atoms. The molecule has 0 aliphatic rings. The van der Waals surface area contributed by atoms with Gasteiger partial charge in [-0.1, -0.05) is 25.1 Å². The molecule has 0 bridgehead atoms. The SMILES string of the molecule is CCC(OC(=O)c1ccccc1)SCC(=O)O. The van der Waals surface area contributed by atoms with Gasteiger partial charge in [0.25, 0.3) is 0 Å². The second-order valence-electron chi connectivity index (χ2n) is 3.31. The van der Waals surface area contributed by atoms with Crippen molar-refractivity contribution in [2.24, 2.45) is 0 Å². The maximum absolute atomic E-state index is 11.7. The summed E-state index contributed by atoms with van der Waals surface area (Å²) in [4.78, 5) is 22.1. The molecule has 1 aromatic carbocycles. The van der Waals surface area contributed by atoms with E-state index in [0.29, 0.717) is 12.0 Å². The van der Waals surface area contributed by atoms with E-state index in [2.05, 4.69) is 0 Å². The Hall–Kier alpha value is -1.49. The minimum atomic E-state index is -0.913. The lowest BCUT2D eigenvalue weighted by atomic mass is 10.2. The number of benzene rings is 1. The van der Waals surface area contributed by atoms with Crippen molar-refractivity contribution in [3.63, 3.8) is 0 Å². The standard InChI is InChI=1S/C12H14O4S/c1-2-11(17-8-10(13)14)16-12(15)9-6-4-3-5-7-9/h3-7,11H,2,8H2,1H3,(H,13,14). The number of aliphatic carboxylic acids is 1. The number of rotatable bonds is 6. The third-order valence-corrected chi connectivity index (χ3v) is 3.19. The Morgan fingerprint density at radius 2 is 2.00 bits per heavy atom. The van der Waals surface area contributed by atoms with Crippen molar-refractivity contribution in [1.82, 2.24) is 0 Å². The second-order valence-corrected chi connectivity index (χ2v) is 4.46. The van der Waals surface area contributed by atoms with E-state index in [1.54, 1.807) is 24.3 Å². The highest BCUT2D eigenvalue weighted by atomic mass is 32.2. The first-order chi connectivity index (χ1) is 8.13. The highest BCUT2D eigenvalue weighted by molar-refractivity contribution is 8.00. The van der Waals surface area contributed by atoms with Gasteiger partial charge in [-0.15, -0.1) is 11.8 Å². The third-order valence-electron chi connectivity index (χ3n) is 1.97. The van der Waals surface area contributed by atoms with Gasteiger partial charge in [-0.25, -0.2) is 4.79 Å². The van der Waals surface area contributed by atoms with Gasteiger partial charge in [0, 0.05) is 0 Å². The molecule has 0 saturated heterocycles. The minimum absolute atomic E-state index is 0.0689. The number of hydrogen-bond donors (Lipinski definition) is 1. The molecule has 0 heterocycles. The summed E-state index contributed by atoms with van der Waals surface area (Å²) in [6.45, 7) is 1.85. The van der Waals surface area contributed by atoms with Crippen LogP contribution in [0.25, 0.3) is 0 Å². The summed E-state index contributed by atoms with van der Waals surface area (Å²) in [6.07, 6.45) is 0.580. The lowest BCUT2D eigenvalue weighted by molar-refractivity contribution is -0.133. The summed E-state index contributed by atoms with van der Waals surface area (Å²) in [5.41, 5.74) is 0.0562. The van der Waals surface area contributed by atoms with E-state index in [1.165, 1.54) is 0 Å². The van der Waals surface area contributed by atoms with Crippen molar-refractivity contribution in [3.8, 4) is 0 Å². The molecule has 4 nitrogen and oxygen atoms in total. The quantitative estimate of drug-likeness (QED) is 0.624. The normalized spacial score (nSPS) is 11.8. The van der Waals surface area contributed by atoms with Crippen LogP contribution in [-0.2, 0) is 9.53 Å². The Morgan fingerprint density at radius 1 is 1.35 bits per heavy atom. The van der Waals surface area contributed by atoms with Crippen LogP contribution in [0.1, 0.15) is 23.7 Å². The summed E-state index contributed by atoms with van der Waals surface area (Å²) in [5, 5.41) is 8.55. The van der Waals surface area contributed by atoms with Gasteiger partial charge in [-0.05, 0) is 18.6 Å². The van der Waals surface area contributed by atoms with E-state index >= 15 is 0 Å². The van der Waals surface area contributed by atoms with E-state index in [-0.39, 0.29) is 5.75 Å². The molecule has 1 unspecified atom stereocenters. The smallest absolute Gasteiger partial charge is 0.339 e. The van der Waals surface area contributed by atoms with Crippen LogP contribution in [0.4, 0.5) is 0 Å². The predicted octanol–water partition coefficient (Wildman–Crippen LogP) is 2.40. The lowest BCUT2D eigenvalue weighted by Gasteiger charge is -2.14. The number of thioether (sulfide) groups is 1. The van der Waals surface area contributed by atoms with Gasteiger partial charge in [0.15, 0.2) is 0 Å². The molecule has 1 atom stereocenters. The highest BCUT2D eigenvalue weighted by Crippen LogP contribution is 2.17. The number of hydrogen-bond acceptors (Lipinski definition) is 4. The predicted molar refractivity (Wildman–Crippen MR) is 66.0 cm³/mol. The average molecular weight is 254 g/mol. The number of carboxylic acid groups (broad SMARTS) is 1. The topological polar surface area (TPSA) is 63.6 Å². The van der Waals surface area contributed by atoms with Crippen LogP contribution in [0.3, 0.4) is 0 Å². The number of carboxylic acids is 1. The Balaban J connectivity index is 2.51. The minimum Gasteiger partial charge on any atom is -0.481 e. The zero-order chi connectivity index (χ0) is 12.7. The summed E-state index contributed by atoms with van der Waals surface area (Å²) in [7, 11) is 0. The first-order valence-corrected chi connectivity index (χ1v) is 6.27. The molecule has 0 amide bonds. The molecule has 0 saturated carbocycles. The van der Waals surface area contributed by atoms with Gasteiger partial charge in [0.1, 0.15) is 5.44 Å². The van der Waals surface area contributed by atoms with Gasteiger partial charge in [-0.3, -0.25) is 4.79 Å². The van der Waals surface area contributed by atoms with Crippen molar-refractivity contribution < 1.29 is 19.4 Å². The first kappa shape index (κ1) is 13.6. The zero-order valence-electron chi connectivity index (χ0n) is 9.46. The average Bonchev–Trinajstić information content (AvgIpc) is 2.35. The van der Waals surface area contributed by atoms with Crippen LogP contribution in [0, 0.1) is 0 Å². The van der Waals surface area contributed by atoms with Crippen LogP contribution in [0.15, 0.2) is 30.3 Å². The fraction of sp³-hybridized carbons (Fsp3) is 0.333. The van der Waals surface area contributed by atoms with E-state index in [0.717, 1.165) is 11.8 Å². The second kappa shape index (κ2) is 6.96. The fourth-order valence-electron chi connectivity index (χ4n) is 1.16. The molecule has 0 aliphatic carbocycles. The third kappa shape index (κ3) is 4.91. The summed E-state index contributed by atoms with van der Waals surface area (Å²) >= 11 is 1.11. The molecular weight excluding hydrogens is 240 g/mol. The van der Waals surface area contributed by atoms with Crippen molar-refractivity contribution in [3.05, 3.63) is 35.9 Å². The van der Waals surface area contributed by atoms with Crippen LogP contribution >= 0.6 is 11.8 Å². The molecule has 1 rings (SSSR count). The summed E-state index contributed by atoms with van der Waals surface area (Å²) in [5.74, 6) is -1.40. The van der Waals surface area contributed by atoms with Crippen LogP contribution < -0.4 is 0 Å². The van der Waals surface area contributed by atoms with Crippen molar-refractivity contribution >= 4 is 23.7 Å². The van der Waals surface area contributed by atoms with Crippen LogP contribution in [0.2, 0.25) is 0 Å². The summed E-state index contributed by atoms with van der Waals surface area (Å²) in [6, 6.07) is 8.64. The van der Waals surface area contributed by atoms with Gasteiger partial charge in [-0.2, -0.15) is 0 Å². The van der Waals surface area contributed by atoms with Gasteiger partial charge >= 0.3 is 11.9 Å². The Bertz CT molecular complexity index is 377. The monoisotopic (exact) mass is 254 g/mol. The largest absolute Gasteiger partial charge is 0.481 e. The Kier molecular flexibility index (Phi) is 5.56. The molecule has 0 aliphatic heterocycles. The van der Waals surface area contributed by atoms with Gasteiger partial charge in [0.2, 0.25) is 0 Å². The number of ether oxygens (including phenoxy) is 1. The Morgan fingerprint density at radius 3 is 2.53 bits per heavy atom. The van der Waals surface area contributed by atoms with Gasteiger partial charge in [0.05, 0.1) is 11.3 Å². The number of carbonyl (C=O) groups excluding carboxylic acids is 1. The van der Waals surface area contributed by atoms with Crippen LogP contribution in [-0.4, -0.2) is 28.2 Å². The van der Waals surface area contributed by atoms with Crippen molar-refractivity contribution in [2.75, 3.05) is 5.75 Å². The highest BCUT2D eigenvalue weighted by Gasteiger charge is 2.15. The summed E-state index contributed by atoms with van der Waals surface area (Å²) < 4.78 is 5.20. The number of esters is 1. The van der Waals surface area contributed by atoms with Crippen molar-refractivity contribution in [1.29, 1.82) is 0 Å². The van der Waals surface area contributed by atoms with Crippen LogP contribution in [0.5, 0.6) is 0 Å². The molecule has 0 aromatic heterocycles. The van der Waals surface area contributed by atoms with E-state index in [1.807, 2.05) is 13.0 Å². The zero-order valence-corrected chi connectivity index (χ0v) is 10.3. The molecule has 92 valence electrons. The molecule has 5 heteroatoms. The molecule has 0 radical (unpaired) electrons. The molecule has 0 fully saturated rings. The number of carbonyl (C=O) groups is 2. The van der Waals surface area contributed by atoms with Crippen molar-refractivity contribution in [2.45, 2.75) is 18.8 Å². The van der Waals surface area contributed by atoms with E-state index in [9.17, 15) is 9.59 Å². The lowest BCUT2D eigenvalue weighted by Crippen LogP contribution is -2.16. The van der Waals surface area contributed by atoms with E-state index in [4.69, 9.17) is 9.84 Å². The van der Waals surface area contributed by atoms with E-state index < -0.39 is 17.4 Å². The Labute approximate surface area is 104 Å². The first-order valence-electron chi connectivity index (χ1n) is 5.23. The fourth-order valence-corrected chi connectivity index (χ4v) is 1.88. The molecule has 1 aromatic rings. The molecular formula is C12H14O4S. The molecule has 0 spiro atoms. The molecule has 1 N–H and O–H groups in total. The van der Waals surface area contributed by atoms with Gasteiger partial charge < -0.3 is 9.84 Å².